The Balaban J connectivity index is 1.35. The van der Waals surface area contributed by atoms with Crippen molar-refractivity contribution in [2.24, 2.45) is 0 Å². The largest absolute Gasteiger partial charge is 0.366 e. The summed E-state index contributed by atoms with van der Waals surface area (Å²) in [5, 5.41) is 7.19. The van der Waals surface area contributed by atoms with Crippen LogP contribution in [0.5, 0.6) is 0 Å². The van der Waals surface area contributed by atoms with Crippen molar-refractivity contribution >= 4 is 5.82 Å². The summed E-state index contributed by atoms with van der Waals surface area (Å²) in [6.07, 6.45) is 5.71. The van der Waals surface area contributed by atoms with Crippen molar-refractivity contribution in [3.8, 4) is 11.4 Å². The van der Waals surface area contributed by atoms with E-state index in [2.05, 4.69) is 50.8 Å². The predicted octanol–water partition coefficient (Wildman–Crippen LogP) is 2.87. The van der Waals surface area contributed by atoms with E-state index in [0.717, 1.165) is 68.5 Å². The third kappa shape index (κ3) is 4.13. The summed E-state index contributed by atoms with van der Waals surface area (Å²) in [6.45, 7) is 4.92. The Labute approximate surface area is 171 Å². The Morgan fingerprint density at radius 3 is 2.90 bits per heavy atom. The van der Waals surface area contributed by atoms with Gasteiger partial charge in [0, 0.05) is 55.7 Å². The molecule has 6 heteroatoms. The molecule has 1 aromatic carbocycles. The monoisotopic (exact) mass is 386 g/mol. The summed E-state index contributed by atoms with van der Waals surface area (Å²) in [5.41, 5.74) is 4.70. The molecule has 0 saturated carbocycles. The number of hydrogen-bond acceptors (Lipinski definition) is 6. The summed E-state index contributed by atoms with van der Waals surface area (Å²) in [5.74, 6) is 1.75. The number of rotatable bonds is 5. The van der Waals surface area contributed by atoms with Crippen molar-refractivity contribution in [3.63, 3.8) is 0 Å². The lowest BCUT2D eigenvalue weighted by Crippen LogP contribution is -2.30. The Bertz CT molecular complexity index is 960. The van der Waals surface area contributed by atoms with Crippen LogP contribution in [0.3, 0.4) is 0 Å². The highest BCUT2D eigenvalue weighted by molar-refractivity contribution is 5.59. The van der Waals surface area contributed by atoms with Crippen LogP contribution in [0.2, 0.25) is 0 Å². The maximum absolute atomic E-state index is 4.92. The van der Waals surface area contributed by atoms with E-state index < -0.39 is 0 Å². The van der Waals surface area contributed by atoms with Crippen molar-refractivity contribution in [1.82, 2.24) is 25.2 Å². The molecular formula is C23H26N6. The SMILES string of the molecule is c1ccc(CN2CC[C@@H](Nc3nc(-c4cccnc4)nc4c3CCNC4)C2)cc1. The van der Waals surface area contributed by atoms with Gasteiger partial charge in [0.2, 0.25) is 0 Å². The molecule has 2 N–H and O–H groups in total. The summed E-state index contributed by atoms with van der Waals surface area (Å²) < 4.78 is 0. The molecule has 6 nitrogen and oxygen atoms in total. The van der Waals surface area contributed by atoms with Gasteiger partial charge in [0.15, 0.2) is 5.82 Å². The van der Waals surface area contributed by atoms with Gasteiger partial charge in [-0.2, -0.15) is 0 Å². The van der Waals surface area contributed by atoms with Crippen LogP contribution in [0.25, 0.3) is 11.4 Å². The molecule has 4 heterocycles. The lowest BCUT2D eigenvalue weighted by molar-refractivity contribution is 0.328. The van der Waals surface area contributed by atoms with E-state index in [4.69, 9.17) is 9.97 Å². The first-order valence-electron chi connectivity index (χ1n) is 10.4. The minimum absolute atomic E-state index is 0.411. The average Bonchev–Trinajstić information content (AvgIpc) is 3.21. The van der Waals surface area contributed by atoms with Crippen LogP contribution in [0, 0.1) is 0 Å². The highest BCUT2D eigenvalue weighted by Crippen LogP contribution is 2.26. The van der Waals surface area contributed by atoms with Crippen LogP contribution < -0.4 is 10.6 Å². The molecular weight excluding hydrogens is 360 g/mol. The maximum Gasteiger partial charge on any atom is 0.163 e. The number of nitrogens with one attached hydrogen (secondary N) is 2. The quantitative estimate of drug-likeness (QED) is 0.703. The number of fused-ring (bicyclic) bond motifs is 1. The van der Waals surface area contributed by atoms with E-state index in [1.165, 1.54) is 11.1 Å². The van der Waals surface area contributed by atoms with Crippen LogP contribution in [0.4, 0.5) is 5.82 Å². The van der Waals surface area contributed by atoms with Gasteiger partial charge in [-0.05, 0) is 37.1 Å². The van der Waals surface area contributed by atoms with E-state index >= 15 is 0 Å². The van der Waals surface area contributed by atoms with E-state index in [1.54, 1.807) is 6.20 Å². The summed E-state index contributed by atoms with van der Waals surface area (Å²) >= 11 is 0. The molecule has 0 amide bonds. The molecule has 0 unspecified atom stereocenters. The van der Waals surface area contributed by atoms with Gasteiger partial charge in [-0.3, -0.25) is 9.88 Å². The average molecular weight is 387 g/mol. The minimum atomic E-state index is 0.411. The molecule has 0 spiro atoms. The summed E-state index contributed by atoms with van der Waals surface area (Å²) in [6, 6.07) is 15.1. The van der Waals surface area contributed by atoms with Crippen molar-refractivity contribution in [2.75, 3.05) is 25.0 Å². The number of aromatic nitrogens is 3. The minimum Gasteiger partial charge on any atom is -0.366 e. The van der Waals surface area contributed by atoms with Crippen molar-refractivity contribution in [2.45, 2.75) is 32.0 Å². The van der Waals surface area contributed by atoms with E-state index in [9.17, 15) is 0 Å². The van der Waals surface area contributed by atoms with Crippen molar-refractivity contribution < 1.29 is 0 Å². The van der Waals surface area contributed by atoms with Gasteiger partial charge >= 0.3 is 0 Å². The number of nitrogens with zero attached hydrogens (tertiary/aromatic N) is 4. The molecule has 29 heavy (non-hydrogen) atoms. The fourth-order valence-electron chi connectivity index (χ4n) is 4.23. The molecule has 0 aliphatic carbocycles. The zero-order valence-electron chi connectivity index (χ0n) is 16.5. The smallest absolute Gasteiger partial charge is 0.163 e. The second-order valence-electron chi connectivity index (χ2n) is 7.84. The highest BCUT2D eigenvalue weighted by atomic mass is 15.2. The molecule has 3 aromatic rings. The van der Waals surface area contributed by atoms with Gasteiger partial charge in [0.1, 0.15) is 5.82 Å². The van der Waals surface area contributed by atoms with Gasteiger partial charge in [-0.15, -0.1) is 0 Å². The van der Waals surface area contributed by atoms with E-state index in [1.807, 2.05) is 18.3 Å². The third-order valence-electron chi connectivity index (χ3n) is 5.72. The number of pyridine rings is 1. The molecule has 2 aliphatic rings. The second kappa shape index (κ2) is 8.27. The molecule has 1 atom stereocenters. The molecule has 2 aliphatic heterocycles. The summed E-state index contributed by atoms with van der Waals surface area (Å²) in [4.78, 5) is 16.5. The number of benzene rings is 1. The lowest BCUT2D eigenvalue weighted by Gasteiger charge is -2.23. The van der Waals surface area contributed by atoms with Crippen LogP contribution in [-0.2, 0) is 19.5 Å². The summed E-state index contributed by atoms with van der Waals surface area (Å²) in [7, 11) is 0. The predicted molar refractivity (Wildman–Crippen MR) is 114 cm³/mol. The zero-order valence-corrected chi connectivity index (χ0v) is 16.5. The highest BCUT2D eigenvalue weighted by Gasteiger charge is 2.25. The molecule has 2 aromatic heterocycles. The fourth-order valence-corrected chi connectivity index (χ4v) is 4.23. The van der Waals surface area contributed by atoms with E-state index in [-0.39, 0.29) is 0 Å². The van der Waals surface area contributed by atoms with Crippen molar-refractivity contribution in [1.29, 1.82) is 0 Å². The molecule has 148 valence electrons. The Kier molecular flexibility index (Phi) is 5.19. The first-order chi connectivity index (χ1) is 14.3. The van der Waals surface area contributed by atoms with Gasteiger partial charge in [0.05, 0.1) is 5.69 Å². The van der Waals surface area contributed by atoms with E-state index in [0.29, 0.717) is 6.04 Å². The van der Waals surface area contributed by atoms with Gasteiger partial charge in [0.25, 0.3) is 0 Å². The Morgan fingerprint density at radius 2 is 2.03 bits per heavy atom. The Hall–Kier alpha value is -2.83. The number of likely N-dealkylation sites (tertiary alicyclic amines) is 1. The molecule has 0 bridgehead atoms. The first-order valence-corrected chi connectivity index (χ1v) is 10.4. The van der Waals surface area contributed by atoms with Crippen LogP contribution in [0.1, 0.15) is 23.2 Å². The van der Waals surface area contributed by atoms with Crippen LogP contribution in [-0.4, -0.2) is 45.5 Å². The molecule has 1 saturated heterocycles. The maximum atomic E-state index is 4.92. The zero-order chi connectivity index (χ0) is 19.5. The van der Waals surface area contributed by atoms with Gasteiger partial charge in [-0.25, -0.2) is 9.97 Å². The van der Waals surface area contributed by atoms with Gasteiger partial charge in [-0.1, -0.05) is 30.3 Å². The van der Waals surface area contributed by atoms with Crippen LogP contribution in [0.15, 0.2) is 54.9 Å². The number of anilines is 1. The standard InChI is InChI=1S/C23H26N6/c1-2-5-17(6-3-1)15-29-12-9-19(16-29)26-23-20-8-11-25-14-21(20)27-22(28-23)18-7-4-10-24-13-18/h1-7,10,13,19,25H,8-9,11-12,14-16H2,(H,26,27,28)/t19-/m1/s1. The van der Waals surface area contributed by atoms with Crippen molar-refractivity contribution in [3.05, 3.63) is 71.7 Å². The molecule has 1 fully saturated rings. The topological polar surface area (TPSA) is 66.0 Å². The van der Waals surface area contributed by atoms with Gasteiger partial charge < -0.3 is 10.6 Å². The third-order valence-corrected chi connectivity index (χ3v) is 5.72. The molecule has 5 rings (SSSR count). The van der Waals surface area contributed by atoms with Crippen LogP contribution >= 0.6 is 0 Å². The fraction of sp³-hybridized carbons (Fsp3) is 0.348. The first kappa shape index (κ1) is 18.2. The second-order valence-corrected chi connectivity index (χ2v) is 7.84. The normalized spacial score (nSPS) is 19.1. The Morgan fingerprint density at radius 1 is 1.10 bits per heavy atom. The number of hydrogen-bond donors (Lipinski definition) is 2. The lowest BCUT2D eigenvalue weighted by atomic mass is 10.1. The molecule has 0 radical (unpaired) electrons.